The lowest BCUT2D eigenvalue weighted by molar-refractivity contribution is 0.304. The van der Waals surface area contributed by atoms with Gasteiger partial charge in [0.05, 0.1) is 12.1 Å². The molecule has 4 heteroatoms. The van der Waals surface area contributed by atoms with E-state index in [4.69, 9.17) is 16.3 Å². The van der Waals surface area contributed by atoms with Crippen molar-refractivity contribution >= 4 is 11.6 Å². The first-order valence-electron chi connectivity index (χ1n) is 5.81. The smallest absolute Gasteiger partial charge is 0.139 e. The highest BCUT2D eigenvalue weighted by atomic mass is 35.5. The summed E-state index contributed by atoms with van der Waals surface area (Å²) in [5.74, 6) is 6.68. The van der Waals surface area contributed by atoms with Crippen LogP contribution in [-0.4, -0.2) is 15.8 Å². The third-order valence-corrected chi connectivity index (χ3v) is 2.48. The molecule has 0 aliphatic heterocycles. The van der Waals surface area contributed by atoms with Gasteiger partial charge in [0.25, 0.3) is 0 Å². The van der Waals surface area contributed by atoms with Crippen molar-refractivity contribution < 1.29 is 4.74 Å². The Labute approximate surface area is 117 Å². The summed E-state index contributed by atoms with van der Waals surface area (Å²) in [5, 5.41) is 0. The normalized spacial score (nSPS) is 9.58. The van der Waals surface area contributed by atoms with Crippen molar-refractivity contribution in [3.63, 3.8) is 0 Å². The minimum atomic E-state index is 0.306. The Morgan fingerprint density at radius 2 is 2.00 bits per heavy atom. The first-order valence-corrected chi connectivity index (χ1v) is 6.34. The van der Waals surface area contributed by atoms with Crippen molar-refractivity contribution in [2.45, 2.75) is 13.5 Å². The third-order valence-electron chi connectivity index (χ3n) is 2.35. The fourth-order valence-electron chi connectivity index (χ4n) is 1.56. The van der Waals surface area contributed by atoms with Crippen molar-refractivity contribution in [3.05, 3.63) is 53.6 Å². The number of aromatic nitrogens is 2. The van der Waals surface area contributed by atoms with Crippen LogP contribution in [-0.2, 0) is 6.61 Å². The number of ether oxygens (including phenoxy) is 1. The maximum absolute atomic E-state index is 5.66. The Morgan fingerprint density at radius 1 is 1.16 bits per heavy atom. The van der Waals surface area contributed by atoms with Gasteiger partial charge in [-0.2, -0.15) is 0 Å². The van der Waals surface area contributed by atoms with E-state index in [-0.39, 0.29) is 0 Å². The number of aryl methyl sites for hydroxylation is 1. The Hall–Kier alpha value is -2.05. The molecule has 2 rings (SSSR count). The highest BCUT2D eigenvalue weighted by Gasteiger charge is 1.98. The number of alkyl halides is 1. The third kappa shape index (κ3) is 4.27. The van der Waals surface area contributed by atoms with E-state index in [2.05, 4.69) is 21.8 Å². The molecule has 0 N–H and O–H groups in total. The van der Waals surface area contributed by atoms with Crippen molar-refractivity contribution in [1.82, 2.24) is 9.97 Å². The van der Waals surface area contributed by atoms with E-state index in [1.165, 1.54) is 0 Å². The molecule has 0 aliphatic rings. The van der Waals surface area contributed by atoms with Gasteiger partial charge in [-0.1, -0.05) is 11.8 Å². The average Bonchev–Trinajstić information content (AvgIpc) is 2.43. The van der Waals surface area contributed by atoms with Crippen LogP contribution in [0.4, 0.5) is 0 Å². The second-order valence-electron chi connectivity index (χ2n) is 4.00. The molecule has 2 heterocycles. The van der Waals surface area contributed by atoms with Crippen molar-refractivity contribution in [1.29, 1.82) is 0 Å². The summed E-state index contributed by atoms with van der Waals surface area (Å²) in [5.41, 5.74) is 2.93. The van der Waals surface area contributed by atoms with E-state index in [0.717, 1.165) is 16.7 Å². The van der Waals surface area contributed by atoms with Crippen LogP contribution in [0.1, 0.15) is 16.7 Å². The van der Waals surface area contributed by atoms with E-state index in [0.29, 0.717) is 18.2 Å². The Bertz CT molecular complexity index is 617. The summed E-state index contributed by atoms with van der Waals surface area (Å²) in [4.78, 5) is 8.20. The van der Waals surface area contributed by atoms with E-state index >= 15 is 0 Å². The van der Waals surface area contributed by atoms with Crippen LogP contribution < -0.4 is 4.74 Å². The fourth-order valence-corrected chi connectivity index (χ4v) is 1.63. The highest BCUT2D eigenvalue weighted by Crippen LogP contribution is 2.13. The molecule has 2 aromatic rings. The molecule has 96 valence electrons. The van der Waals surface area contributed by atoms with Gasteiger partial charge in [-0.3, -0.25) is 9.97 Å². The van der Waals surface area contributed by atoms with Crippen LogP contribution >= 0.6 is 11.6 Å². The molecular weight excluding hydrogens is 260 g/mol. The summed E-state index contributed by atoms with van der Waals surface area (Å²) in [7, 11) is 0. The monoisotopic (exact) mass is 272 g/mol. The molecular formula is C15H13ClN2O. The number of rotatable bonds is 3. The number of hydrogen-bond donors (Lipinski definition) is 0. The quantitative estimate of drug-likeness (QED) is 0.636. The molecule has 0 unspecified atom stereocenters. The molecule has 0 aliphatic carbocycles. The molecule has 0 saturated carbocycles. The summed E-state index contributed by atoms with van der Waals surface area (Å²) in [6, 6.07) is 3.88. The maximum Gasteiger partial charge on any atom is 0.139 e. The van der Waals surface area contributed by atoms with Gasteiger partial charge in [0.2, 0.25) is 0 Å². The maximum atomic E-state index is 5.66. The molecule has 0 radical (unpaired) electrons. The molecule has 0 aromatic carbocycles. The molecule has 19 heavy (non-hydrogen) atoms. The van der Waals surface area contributed by atoms with Gasteiger partial charge < -0.3 is 4.74 Å². The standard InChI is InChI=1S/C15H13ClN2O/c1-12-5-14(9-17-7-12)11-19-15-6-13(3-2-4-16)8-18-10-15/h5-10H,4,11H2,1H3. The lowest BCUT2D eigenvalue weighted by atomic mass is 10.2. The molecule has 2 aromatic heterocycles. The summed E-state index contributed by atoms with van der Waals surface area (Å²) < 4.78 is 5.66. The van der Waals surface area contributed by atoms with Crippen molar-refractivity contribution in [2.24, 2.45) is 0 Å². The van der Waals surface area contributed by atoms with E-state index in [1.54, 1.807) is 18.6 Å². The minimum Gasteiger partial charge on any atom is -0.487 e. The zero-order valence-corrected chi connectivity index (χ0v) is 11.3. The summed E-state index contributed by atoms with van der Waals surface area (Å²) in [6.45, 7) is 2.46. The molecule has 0 bridgehead atoms. The minimum absolute atomic E-state index is 0.306. The lowest BCUT2D eigenvalue weighted by Crippen LogP contribution is -1.97. The second kappa shape index (κ2) is 6.77. The summed E-state index contributed by atoms with van der Waals surface area (Å²) >= 11 is 5.52. The van der Waals surface area contributed by atoms with Crippen molar-refractivity contribution in [2.75, 3.05) is 5.88 Å². The van der Waals surface area contributed by atoms with Crippen molar-refractivity contribution in [3.8, 4) is 17.6 Å². The predicted octanol–water partition coefficient (Wildman–Crippen LogP) is 2.95. The van der Waals surface area contributed by atoms with Crippen LogP contribution in [0.3, 0.4) is 0 Å². The van der Waals surface area contributed by atoms with Gasteiger partial charge >= 0.3 is 0 Å². The largest absolute Gasteiger partial charge is 0.487 e. The highest BCUT2D eigenvalue weighted by molar-refractivity contribution is 6.19. The van der Waals surface area contributed by atoms with Gasteiger partial charge in [-0.05, 0) is 24.6 Å². The van der Waals surface area contributed by atoms with Crippen LogP contribution in [0.2, 0.25) is 0 Å². The van der Waals surface area contributed by atoms with E-state index in [9.17, 15) is 0 Å². The van der Waals surface area contributed by atoms with Crippen LogP contribution in [0.5, 0.6) is 5.75 Å². The van der Waals surface area contributed by atoms with E-state index < -0.39 is 0 Å². The molecule has 0 fully saturated rings. The lowest BCUT2D eigenvalue weighted by Gasteiger charge is -2.06. The Morgan fingerprint density at radius 3 is 2.79 bits per heavy atom. The zero-order chi connectivity index (χ0) is 13.5. The van der Waals surface area contributed by atoms with Gasteiger partial charge in [-0.25, -0.2) is 0 Å². The number of halogens is 1. The Balaban J connectivity index is 2.03. The molecule has 3 nitrogen and oxygen atoms in total. The zero-order valence-electron chi connectivity index (χ0n) is 10.6. The topological polar surface area (TPSA) is 35.0 Å². The Kier molecular flexibility index (Phi) is 4.77. The van der Waals surface area contributed by atoms with Gasteiger partial charge in [0.15, 0.2) is 0 Å². The number of nitrogens with zero attached hydrogens (tertiary/aromatic N) is 2. The SMILES string of the molecule is Cc1cncc(COc2cncc(C#CCCl)c2)c1. The van der Waals surface area contributed by atoms with Gasteiger partial charge in [0, 0.05) is 29.7 Å². The average molecular weight is 273 g/mol. The fraction of sp³-hybridized carbons (Fsp3) is 0.200. The summed E-state index contributed by atoms with van der Waals surface area (Å²) in [6.07, 6.45) is 6.95. The number of hydrogen-bond acceptors (Lipinski definition) is 3. The molecule has 0 saturated heterocycles. The van der Waals surface area contributed by atoms with Gasteiger partial charge in [0.1, 0.15) is 12.4 Å². The molecule has 0 atom stereocenters. The van der Waals surface area contributed by atoms with Crippen LogP contribution in [0, 0.1) is 18.8 Å². The van der Waals surface area contributed by atoms with E-state index in [1.807, 2.05) is 25.3 Å². The number of pyridine rings is 2. The molecule has 0 spiro atoms. The predicted molar refractivity (Wildman–Crippen MR) is 75.1 cm³/mol. The second-order valence-corrected chi connectivity index (χ2v) is 4.27. The van der Waals surface area contributed by atoms with Crippen LogP contribution in [0.25, 0.3) is 0 Å². The van der Waals surface area contributed by atoms with Gasteiger partial charge in [-0.15, -0.1) is 11.6 Å². The first-order chi connectivity index (χ1) is 9.28. The first kappa shape index (κ1) is 13.4. The molecule has 0 amide bonds. The van der Waals surface area contributed by atoms with Crippen LogP contribution in [0.15, 0.2) is 36.9 Å².